The van der Waals surface area contributed by atoms with Crippen LogP contribution in [0.4, 0.5) is 10.8 Å². The van der Waals surface area contributed by atoms with Crippen LogP contribution in [0.5, 0.6) is 0 Å². The highest BCUT2D eigenvalue weighted by Crippen LogP contribution is 2.39. The van der Waals surface area contributed by atoms with Gasteiger partial charge < -0.3 is 19.3 Å². The lowest BCUT2D eigenvalue weighted by molar-refractivity contribution is -0.143. The highest BCUT2D eigenvalue weighted by Gasteiger charge is 2.21. The molecule has 1 fully saturated rings. The van der Waals surface area contributed by atoms with Crippen molar-refractivity contribution >= 4 is 49.2 Å². The fourth-order valence-electron chi connectivity index (χ4n) is 4.68. The van der Waals surface area contributed by atoms with Gasteiger partial charge in [0, 0.05) is 44.1 Å². The molecule has 5 rings (SSSR count). The number of carbonyl (C=O) groups excluding carboxylic acids is 1. The van der Waals surface area contributed by atoms with Crippen molar-refractivity contribution in [1.29, 1.82) is 0 Å². The molecule has 37 heavy (non-hydrogen) atoms. The van der Waals surface area contributed by atoms with Gasteiger partial charge >= 0.3 is 5.97 Å². The number of nitrogens with one attached hydrogen (secondary N) is 1. The zero-order valence-corrected chi connectivity index (χ0v) is 22.4. The van der Waals surface area contributed by atoms with Crippen LogP contribution < -0.4 is 9.80 Å². The third kappa shape index (κ3) is 5.86. The first-order chi connectivity index (χ1) is 18.1. The van der Waals surface area contributed by atoms with Gasteiger partial charge in [0.05, 0.1) is 46.8 Å². The van der Waals surface area contributed by atoms with Crippen molar-refractivity contribution in [2.24, 2.45) is 0 Å². The van der Waals surface area contributed by atoms with Crippen LogP contribution in [0.1, 0.15) is 39.0 Å². The number of hydrogen-bond acceptors (Lipinski definition) is 9. The van der Waals surface area contributed by atoms with Gasteiger partial charge in [-0.1, -0.05) is 25.0 Å². The minimum atomic E-state index is -0.0922. The average molecular weight is 523 g/mol. The fraction of sp³-hybridized carbons (Fsp3) is 0.481. The molecule has 0 saturated carbocycles. The summed E-state index contributed by atoms with van der Waals surface area (Å²) in [6, 6.07) is 8.27. The highest BCUT2D eigenvalue weighted by molar-refractivity contribution is 7.23. The maximum absolute atomic E-state index is 11.5. The van der Waals surface area contributed by atoms with Gasteiger partial charge in [-0.15, -0.1) is 11.3 Å². The first-order valence-electron chi connectivity index (χ1n) is 13.1. The van der Waals surface area contributed by atoms with E-state index in [4.69, 9.17) is 19.4 Å². The molecule has 1 saturated heterocycles. The van der Waals surface area contributed by atoms with Crippen LogP contribution in [0.25, 0.3) is 32.5 Å². The van der Waals surface area contributed by atoms with Gasteiger partial charge in [-0.05, 0) is 31.9 Å². The monoisotopic (exact) mass is 522 g/mol. The molecule has 4 aromatic rings. The lowest BCUT2D eigenvalue weighted by Crippen LogP contribution is -2.36. The summed E-state index contributed by atoms with van der Waals surface area (Å²) in [5.41, 5.74) is 2.92. The van der Waals surface area contributed by atoms with Crippen LogP contribution in [0.2, 0.25) is 0 Å². The largest absolute Gasteiger partial charge is 0.466 e. The Labute approximate surface area is 220 Å². The summed E-state index contributed by atoms with van der Waals surface area (Å²) in [6.45, 7) is 6.29. The van der Waals surface area contributed by atoms with E-state index in [0.29, 0.717) is 26.2 Å². The number of fused-ring (bicyclic) bond motifs is 2. The van der Waals surface area contributed by atoms with E-state index in [2.05, 4.69) is 39.2 Å². The van der Waals surface area contributed by atoms with Gasteiger partial charge in [-0.3, -0.25) is 9.89 Å². The summed E-state index contributed by atoms with van der Waals surface area (Å²) in [5, 5.41) is 9.47. The number of anilines is 2. The van der Waals surface area contributed by atoms with Gasteiger partial charge in [0.25, 0.3) is 0 Å². The summed E-state index contributed by atoms with van der Waals surface area (Å²) in [4.78, 5) is 26.2. The minimum Gasteiger partial charge on any atom is -0.466 e. The summed E-state index contributed by atoms with van der Waals surface area (Å²) in [5.74, 6) is 1.60. The molecule has 0 atom stereocenters. The van der Waals surface area contributed by atoms with Crippen LogP contribution in [0, 0.1) is 0 Å². The second-order valence-electron chi connectivity index (χ2n) is 9.30. The average Bonchev–Trinajstić information content (AvgIpc) is 3.58. The predicted molar refractivity (Wildman–Crippen MR) is 149 cm³/mol. The third-order valence-electron chi connectivity index (χ3n) is 6.68. The van der Waals surface area contributed by atoms with E-state index in [9.17, 15) is 4.79 Å². The normalized spacial score (nSPS) is 13.9. The molecule has 9 nitrogen and oxygen atoms in total. The van der Waals surface area contributed by atoms with E-state index in [1.807, 2.05) is 25.3 Å². The lowest BCUT2D eigenvalue weighted by atomic mass is 10.1. The van der Waals surface area contributed by atoms with Crippen molar-refractivity contribution in [2.45, 2.75) is 39.0 Å². The number of nitrogens with zero attached hydrogens (tertiary/aromatic N) is 5. The van der Waals surface area contributed by atoms with Crippen molar-refractivity contribution in [3.8, 4) is 11.4 Å². The second-order valence-corrected chi connectivity index (χ2v) is 10.3. The number of carbonyl (C=O) groups is 1. The Morgan fingerprint density at radius 1 is 1.19 bits per heavy atom. The number of H-pyrrole nitrogens is 1. The zero-order valence-electron chi connectivity index (χ0n) is 21.5. The summed E-state index contributed by atoms with van der Waals surface area (Å²) < 4.78 is 11.7. The molecular formula is C27H34N6O3S. The summed E-state index contributed by atoms with van der Waals surface area (Å²) in [6.07, 6.45) is 6.43. The van der Waals surface area contributed by atoms with Crippen LogP contribution >= 0.6 is 11.3 Å². The van der Waals surface area contributed by atoms with Crippen molar-refractivity contribution < 1.29 is 14.3 Å². The number of hydrogen-bond donors (Lipinski definition) is 1. The number of aromatic amines is 1. The van der Waals surface area contributed by atoms with Crippen LogP contribution in [-0.4, -0.2) is 72.6 Å². The zero-order chi connectivity index (χ0) is 25.6. The Hall–Kier alpha value is -3.24. The smallest absolute Gasteiger partial charge is 0.305 e. The van der Waals surface area contributed by atoms with Gasteiger partial charge in [0.1, 0.15) is 0 Å². The molecule has 4 heterocycles. The first kappa shape index (κ1) is 25.4. The molecule has 0 bridgehead atoms. The number of ether oxygens (including phenoxy) is 2. The van der Waals surface area contributed by atoms with Gasteiger partial charge in [-0.2, -0.15) is 5.10 Å². The van der Waals surface area contributed by atoms with E-state index < -0.39 is 0 Å². The Morgan fingerprint density at radius 3 is 2.86 bits per heavy atom. The van der Waals surface area contributed by atoms with E-state index in [-0.39, 0.29) is 5.97 Å². The molecule has 0 aliphatic carbocycles. The number of aromatic nitrogens is 4. The predicted octanol–water partition coefficient (Wildman–Crippen LogP) is 5.02. The number of morpholine rings is 1. The molecule has 0 radical (unpaired) electrons. The second kappa shape index (κ2) is 11.9. The Balaban J connectivity index is 1.35. The number of thiophene rings is 1. The van der Waals surface area contributed by atoms with Crippen LogP contribution in [-0.2, 0) is 14.3 Å². The summed E-state index contributed by atoms with van der Waals surface area (Å²) >= 11 is 1.75. The van der Waals surface area contributed by atoms with Crippen LogP contribution in [0.15, 0.2) is 30.5 Å². The standard InChI is InChI=1S/C27H34N6O3S/c1-3-36-24(34)11-6-4-5-7-12-32(2)23-17-22-25(37-23)27(33-13-15-35-16-14-33)30-26(29-22)19-9-8-10-21-20(19)18-28-31-21/h8-10,17-18H,3-7,11-16H2,1-2H3,(H,28,31). The molecular weight excluding hydrogens is 488 g/mol. The van der Waals surface area contributed by atoms with Gasteiger partial charge in [0.15, 0.2) is 11.6 Å². The molecule has 1 aliphatic rings. The SMILES string of the molecule is CCOC(=O)CCCCCCN(C)c1cc2nc(-c3cccc4[nH]ncc34)nc(N3CCOCC3)c2s1. The molecule has 10 heteroatoms. The first-order valence-corrected chi connectivity index (χ1v) is 13.9. The molecule has 0 unspecified atom stereocenters. The topological polar surface area (TPSA) is 96.5 Å². The van der Waals surface area contributed by atoms with Gasteiger partial charge in [0.2, 0.25) is 0 Å². The molecule has 3 aromatic heterocycles. The maximum Gasteiger partial charge on any atom is 0.305 e. The van der Waals surface area contributed by atoms with Crippen molar-refractivity contribution in [3.05, 3.63) is 30.5 Å². The van der Waals surface area contributed by atoms with Crippen LogP contribution in [0.3, 0.4) is 0 Å². The number of esters is 1. The van der Waals surface area contributed by atoms with Crippen molar-refractivity contribution in [2.75, 3.05) is 56.3 Å². The Bertz CT molecular complexity index is 1350. The highest BCUT2D eigenvalue weighted by atomic mass is 32.1. The number of rotatable bonds is 11. The van der Waals surface area contributed by atoms with Crippen molar-refractivity contribution in [3.63, 3.8) is 0 Å². The molecule has 1 N–H and O–H groups in total. The van der Waals surface area contributed by atoms with E-state index >= 15 is 0 Å². The summed E-state index contributed by atoms with van der Waals surface area (Å²) in [7, 11) is 2.14. The molecule has 1 aromatic carbocycles. The third-order valence-corrected chi connectivity index (χ3v) is 7.92. The van der Waals surface area contributed by atoms with E-state index in [1.54, 1.807) is 11.3 Å². The number of unbranched alkanes of at least 4 members (excludes halogenated alkanes) is 3. The molecule has 1 aliphatic heterocycles. The van der Waals surface area contributed by atoms with E-state index in [0.717, 1.165) is 83.6 Å². The van der Waals surface area contributed by atoms with Gasteiger partial charge in [-0.25, -0.2) is 9.97 Å². The lowest BCUT2D eigenvalue weighted by Gasteiger charge is -2.28. The Kier molecular flexibility index (Phi) is 8.15. The molecule has 0 amide bonds. The number of benzene rings is 1. The maximum atomic E-state index is 11.5. The quantitative estimate of drug-likeness (QED) is 0.217. The van der Waals surface area contributed by atoms with Crippen molar-refractivity contribution in [1.82, 2.24) is 20.2 Å². The minimum absolute atomic E-state index is 0.0922. The Morgan fingerprint density at radius 2 is 2.03 bits per heavy atom. The van der Waals surface area contributed by atoms with E-state index in [1.165, 1.54) is 5.00 Å². The molecule has 0 spiro atoms. The fourth-order valence-corrected chi connectivity index (χ4v) is 5.78. The molecule has 196 valence electrons.